The van der Waals surface area contributed by atoms with Crippen molar-refractivity contribution < 1.29 is 22.6 Å². The summed E-state index contributed by atoms with van der Waals surface area (Å²) in [4.78, 5) is 0. The van der Waals surface area contributed by atoms with Gasteiger partial charge in [0.15, 0.2) is 0 Å². The second-order valence-electron chi connectivity index (χ2n) is 8.35. The van der Waals surface area contributed by atoms with Crippen LogP contribution in [0.1, 0.15) is 42.0 Å². The number of alkyl halides is 2. The number of aromatic nitrogens is 1. The smallest absolute Gasteiger partial charge is 0.266 e. The summed E-state index contributed by atoms with van der Waals surface area (Å²) in [5, 5.41) is 0.934. The second kappa shape index (κ2) is 10.00. The highest BCUT2D eigenvalue weighted by Gasteiger charge is 2.28. The third kappa shape index (κ3) is 4.43. The fourth-order valence-corrected chi connectivity index (χ4v) is 5.81. The van der Waals surface area contributed by atoms with Crippen molar-refractivity contribution in [1.82, 2.24) is 4.57 Å². The molecule has 1 aromatic heterocycles. The average Bonchev–Trinajstić information content (AvgIpc) is 3.17. The number of fused-ring (bicyclic) bond motifs is 1. The van der Waals surface area contributed by atoms with Gasteiger partial charge in [-0.1, -0.05) is 36.4 Å². The van der Waals surface area contributed by atoms with Gasteiger partial charge < -0.3 is 14.0 Å². The summed E-state index contributed by atoms with van der Waals surface area (Å²) in [5.74, 6) is 0.0218. The van der Waals surface area contributed by atoms with Crippen LogP contribution in [0.4, 0.5) is 13.2 Å². The maximum absolute atomic E-state index is 14.1. The molecule has 4 aromatic rings. The molecule has 1 fully saturated rings. The van der Waals surface area contributed by atoms with Crippen LogP contribution in [0.15, 0.2) is 66.7 Å². The van der Waals surface area contributed by atoms with E-state index in [4.69, 9.17) is 9.47 Å². The minimum Gasteiger partial charge on any atom is -0.488 e. The number of ether oxygens (including phenoxy) is 2. The molecule has 0 spiro atoms. The van der Waals surface area contributed by atoms with Crippen LogP contribution in [0.3, 0.4) is 0 Å². The number of hydrogen-bond donors (Lipinski definition) is 0. The van der Waals surface area contributed by atoms with Gasteiger partial charge in [0.05, 0.1) is 16.5 Å². The Hall–Kier alpha value is -2.52. The molecule has 0 aliphatic carbocycles. The molecule has 7 heteroatoms. The predicted molar refractivity (Wildman–Crippen MR) is 134 cm³/mol. The second-order valence-corrected chi connectivity index (χ2v) is 9.43. The van der Waals surface area contributed by atoms with Crippen LogP contribution in [-0.2, 0) is 11.3 Å². The van der Waals surface area contributed by atoms with Gasteiger partial charge in [0.2, 0.25) is 0 Å². The van der Waals surface area contributed by atoms with E-state index in [2.05, 4.69) is 22.6 Å². The van der Waals surface area contributed by atoms with E-state index in [0.29, 0.717) is 25.5 Å². The topological polar surface area (TPSA) is 23.4 Å². The Labute approximate surface area is 209 Å². The lowest BCUT2D eigenvalue weighted by molar-refractivity contribution is 0.0841. The Morgan fingerprint density at radius 2 is 1.76 bits per heavy atom. The van der Waals surface area contributed by atoms with Crippen molar-refractivity contribution in [3.8, 4) is 11.4 Å². The number of halogens is 4. The van der Waals surface area contributed by atoms with E-state index in [1.54, 1.807) is 6.07 Å². The molecule has 0 bridgehead atoms. The monoisotopic (exact) mass is 577 g/mol. The molecule has 5 rings (SSSR count). The highest BCUT2D eigenvalue weighted by molar-refractivity contribution is 14.1. The van der Waals surface area contributed by atoms with Crippen molar-refractivity contribution in [2.45, 2.75) is 31.8 Å². The first-order chi connectivity index (χ1) is 16.5. The summed E-state index contributed by atoms with van der Waals surface area (Å²) in [6.07, 6.45) is -1.23. The lowest BCUT2D eigenvalue weighted by atomic mass is 9.96. The van der Waals surface area contributed by atoms with E-state index >= 15 is 0 Å². The predicted octanol–water partition coefficient (Wildman–Crippen LogP) is 7.78. The molecule has 176 valence electrons. The van der Waals surface area contributed by atoms with Crippen molar-refractivity contribution >= 4 is 33.5 Å². The Balaban J connectivity index is 1.68. The maximum atomic E-state index is 14.1. The molecule has 3 aromatic carbocycles. The van der Waals surface area contributed by atoms with Crippen LogP contribution in [-0.4, -0.2) is 17.8 Å². The molecule has 0 unspecified atom stereocenters. The molecular weight excluding hydrogens is 554 g/mol. The number of benzene rings is 3. The zero-order chi connectivity index (χ0) is 23.7. The van der Waals surface area contributed by atoms with Crippen LogP contribution >= 0.6 is 22.6 Å². The van der Waals surface area contributed by atoms with Crippen LogP contribution in [0.2, 0.25) is 0 Å². The third-order valence-corrected chi connectivity index (χ3v) is 7.34. The molecule has 3 nitrogen and oxygen atoms in total. The minimum atomic E-state index is -2.89. The van der Waals surface area contributed by atoms with Crippen LogP contribution in [0.25, 0.3) is 16.6 Å². The molecule has 1 aliphatic heterocycles. The van der Waals surface area contributed by atoms with Crippen molar-refractivity contribution in [1.29, 1.82) is 0 Å². The highest BCUT2D eigenvalue weighted by atomic mass is 127. The van der Waals surface area contributed by atoms with E-state index in [1.165, 1.54) is 6.07 Å². The van der Waals surface area contributed by atoms with E-state index < -0.39 is 17.8 Å². The molecule has 0 N–H and O–H groups in total. The molecule has 1 aliphatic rings. The van der Waals surface area contributed by atoms with Gasteiger partial charge in [0, 0.05) is 34.1 Å². The standard InChI is InChI=1S/C27H23F3INO2/c28-21-10-9-19(15-20(21)27(29)30)32-22-7-4-8-23(34-16-17-5-2-1-3-6-17)24(22)25(31)26(32)18-11-13-33-14-12-18/h1-10,15,18,27H,11-14,16H2. The van der Waals surface area contributed by atoms with Gasteiger partial charge in [0.1, 0.15) is 18.2 Å². The Kier molecular flexibility index (Phi) is 6.83. The molecule has 0 radical (unpaired) electrons. The van der Waals surface area contributed by atoms with Crippen LogP contribution < -0.4 is 4.74 Å². The average molecular weight is 577 g/mol. The van der Waals surface area contributed by atoms with Crippen molar-refractivity contribution in [2.75, 3.05) is 13.2 Å². The summed E-state index contributed by atoms with van der Waals surface area (Å²) in [7, 11) is 0. The quantitative estimate of drug-likeness (QED) is 0.219. The fraction of sp³-hybridized carbons (Fsp3) is 0.259. The van der Waals surface area contributed by atoms with E-state index in [-0.39, 0.29) is 5.92 Å². The van der Waals surface area contributed by atoms with Gasteiger partial charge in [-0.3, -0.25) is 0 Å². The van der Waals surface area contributed by atoms with Crippen molar-refractivity contribution in [3.05, 3.63) is 92.9 Å². The lowest BCUT2D eigenvalue weighted by Crippen LogP contribution is -2.17. The Morgan fingerprint density at radius 3 is 2.50 bits per heavy atom. The lowest BCUT2D eigenvalue weighted by Gasteiger charge is -2.25. The minimum absolute atomic E-state index is 0.190. The van der Waals surface area contributed by atoms with Gasteiger partial charge in [-0.05, 0) is 71.3 Å². The molecule has 1 saturated heterocycles. The third-order valence-electron chi connectivity index (χ3n) is 6.25. The first kappa shape index (κ1) is 23.2. The summed E-state index contributed by atoms with van der Waals surface area (Å²) >= 11 is 2.33. The first-order valence-corrected chi connectivity index (χ1v) is 12.3. The summed E-state index contributed by atoms with van der Waals surface area (Å²) in [5.41, 5.74) is 2.86. The summed E-state index contributed by atoms with van der Waals surface area (Å²) in [6.45, 7) is 1.70. The van der Waals surface area contributed by atoms with Gasteiger partial charge in [-0.2, -0.15) is 0 Å². The number of nitrogens with zero attached hydrogens (tertiary/aromatic N) is 1. The van der Waals surface area contributed by atoms with Gasteiger partial charge in [0.25, 0.3) is 6.43 Å². The van der Waals surface area contributed by atoms with Gasteiger partial charge in [-0.25, -0.2) is 13.2 Å². The van der Waals surface area contributed by atoms with Gasteiger partial charge in [-0.15, -0.1) is 0 Å². The Bertz CT molecular complexity index is 1300. The van der Waals surface area contributed by atoms with E-state index in [9.17, 15) is 13.2 Å². The number of hydrogen-bond acceptors (Lipinski definition) is 2. The SMILES string of the molecule is Fc1ccc(-n2c(C3CCOCC3)c(I)c3c(OCc4ccccc4)cccc32)cc1C(F)F. The zero-order valence-corrected chi connectivity index (χ0v) is 20.5. The van der Waals surface area contributed by atoms with Crippen LogP contribution in [0, 0.1) is 9.39 Å². The Morgan fingerprint density at radius 1 is 1.00 bits per heavy atom. The number of rotatable bonds is 6. The van der Waals surface area contributed by atoms with Crippen LogP contribution in [0.5, 0.6) is 5.75 Å². The molecule has 2 heterocycles. The summed E-state index contributed by atoms with van der Waals surface area (Å²) < 4.78 is 56.0. The molecule has 34 heavy (non-hydrogen) atoms. The molecule has 0 amide bonds. The maximum Gasteiger partial charge on any atom is 0.266 e. The molecule has 0 atom stereocenters. The van der Waals surface area contributed by atoms with E-state index in [1.807, 2.05) is 53.1 Å². The first-order valence-electron chi connectivity index (χ1n) is 11.2. The van der Waals surface area contributed by atoms with E-state index in [0.717, 1.165) is 50.4 Å². The highest BCUT2D eigenvalue weighted by Crippen LogP contribution is 2.43. The molecule has 0 saturated carbocycles. The molecular formula is C27H23F3INO2. The van der Waals surface area contributed by atoms with Crippen molar-refractivity contribution in [2.24, 2.45) is 0 Å². The zero-order valence-electron chi connectivity index (χ0n) is 18.3. The largest absolute Gasteiger partial charge is 0.488 e. The van der Waals surface area contributed by atoms with Crippen molar-refractivity contribution in [3.63, 3.8) is 0 Å². The normalized spacial score (nSPS) is 14.7. The summed E-state index contributed by atoms with van der Waals surface area (Å²) in [6, 6.07) is 19.7. The fourth-order valence-electron chi connectivity index (χ4n) is 4.59. The van der Waals surface area contributed by atoms with Gasteiger partial charge >= 0.3 is 0 Å².